The van der Waals surface area contributed by atoms with Gasteiger partial charge in [-0.05, 0) is 12.8 Å². The molecule has 0 radical (unpaired) electrons. The first kappa shape index (κ1) is 14.6. The second-order valence-corrected chi connectivity index (χ2v) is 4.22. The average molecular weight is 258 g/mol. The van der Waals surface area contributed by atoms with Crippen molar-refractivity contribution in [2.24, 2.45) is 11.7 Å². The lowest BCUT2D eigenvalue weighted by atomic mass is 9.83. The van der Waals surface area contributed by atoms with Crippen LogP contribution in [0.15, 0.2) is 0 Å². The largest absolute Gasteiger partial charge is 0.480 e. The summed E-state index contributed by atoms with van der Waals surface area (Å²) in [7, 11) is 0. The van der Waals surface area contributed by atoms with Crippen molar-refractivity contribution >= 4 is 17.7 Å². The molecule has 0 bridgehead atoms. The molecule has 4 N–H and O–H groups in total. The van der Waals surface area contributed by atoms with Gasteiger partial charge in [-0.1, -0.05) is 0 Å². The van der Waals surface area contributed by atoms with Gasteiger partial charge >= 0.3 is 5.97 Å². The van der Waals surface area contributed by atoms with Crippen molar-refractivity contribution in [2.45, 2.75) is 25.3 Å². The number of ketones is 1. The number of aliphatic carboxylic acids is 1. The van der Waals surface area contributed by atoms with E-state index in [1.165, 1.54) is 0 Å². The SMILES string of the molecule is N[C@@H](COCCCNC(=O)[C@H]1CCC1=O)C(=O)O. The molecule has 2 atom stereocenters. The van der Waals surface area contributed by atoms with E-state index in [0.717, 1.165) is 0 Å². The van der Waals surface area contributed by atoms with Crippen molar-refractivity contribution in [1.29, 1.82) is 0 Å². The Morgan fingerprint density at radius 1 is 1.56 bits per heavy atom. The molecule has 0 aromatic rings. The summed E-state index contributed by atoms with van der Waals surface area (Å²) in [5.41, 5.74) is 5.23. The Balaban J connectivity index is 1.97. The molecule has 7 heteroatoms. The number of carbonyl (C=O) groups excluding carboxylic acids is 2. The van der Waals surface area contributed by atoms with Crippen LogP contribution < -0.4 is 11.1 Å². The van der Waals surface area contributed by atoms with Gasteiger partial charge in [-0.25, -0.2) is 0 Å². The lowest BCUT2D eigenvalue weighted by molar-refractivity contribution is -0.140. The third-order valence-corrected chi connectivity index (χ3v) is 2.76. The minimum absolute atomic E-state index is 0.00354. The Bertz CT molecular complexity index is 331. The van der Waals surface area contributed by atoms with E-state index in [9.17, 15) is 14.4 Å². The second-order valence-electron chi connectivity index (χ2n) is 4.22. The standard InChI is InChI=1S/C11H18N2O5/c12-8(11(16)17)6-18-5-1-4-13-10(15)7-2-3-9(7)14/h7-8H,1-6,12H2,(H,13,15)(H,16,17)/t7-,8-/m0/s1. The summed E-state index contributed by atoms with van der Waals surface area (Å²) in [5, 5.41) is 11.1. The van der Waals surface area contributed by atoms with Crippen molar-refractivity contribution in [3.8, 4) is 0 Å². The minimum Gasteiger partial charge on any atom is -0.480 e. The first-order chi connectivity index (χ1) is 8.52. The van der Waals surface area contributed by atoms with Crippen molar-refractivity contribution in [3.05, 3.63) is 0 Å². The van der Waals surface area contributed by atoms with Crippen LogP contribution in [0.1, 0.15) is 19.3 Å². The van der Waals surface area contributed by atoms with Gasteiger partial charge in [0.05, 0.1) is 12.5 Å². The Morgan fingerprint density at radius 3 is 2.78 bits per heavy atom. The molecule has 7 nitrogen and oxygen atoms in total. The van der Waals surface area contributed by atoms with Gasteiger partial charge in [-0.3, -0.25) is 14.4 Å². The third-order valence-electron chi connectivity index (χ3n) is 2.76. The van der Waals surface area contributed by atoms with Crippen LogP contribution in [-0.2, 0) is 19.1 Å². The Hall–Kier alpha value is -1.47. The predicted molar refractivity (Wildman–Crippen MR) is 61.8 cm³/mol. The fourth-order valence-corrected chi connectivity index (χ4v) is 1.47. The number of Topliss-reactive ketones (excluding diaryl/α,β-unsaturated/α-hetero) is 1. The number of rotatable bonds is 8. The van der Waals surface area contributed by atoms with E-state index in [1.807, 2.05) is 0 Å². The van der Waals surface area contributed by atoms with Crippen molar-refractivity contribution in [3.63, 3.8) is 0 Å². The van der Waals surface area contributed by atoms with Crippen LogP contribution in [0.5, 0.6) is 0 Å². The maximum absolute atomic E-state index is 11.4. The quantitative estimate of drug-likeness (QED) is 0.375. The highest BCUT2D eigenvalue weighted by Gasteiger charge is 2.34. The Labute approximate surface area is 105 Å². The van der Waals surface area contributed by atoms with Crippen LogP contribution >= 0.6 is 0 Å². The number of carboxylic acid groups (broad SMARTS) is 1. The smallest absolute Gasteiger partial charge is 0.322 e. The molecule has 0 aromatic heterocycles. The van der Waals surface area contributed by atoms with Crippen molar-refractivity contribution < 1.29 is 24.2 Å². The predicted octanol–water partition coefficient (Wildman–Crippen LogP) is -1.10. The number of ether oxygens (including phenoxy) is 1. The lowest BCUT2D eigenvalue weighted by Crippen LogP contribution is -2.41. The number of amides is 1. The van der Waals surface area contributed by atoms with E-state index >= 15 is 0 Å². The van der Waals surface area contributed by atoms with Crippen LogP contribution in [0.2, 0.25) is 0 Å². The molecule has 1 aliphatic rings. The zero-order valence-electron chi connectivity index (χ0n) is 10.1. The van der Waals surface area contributed by atoms with Crippen molar-refractivity contribution in [2.75, 3.05) is 19.8 Å². The minimum atomic E-state index is -1.10. The molecular weight excluding hydrogens is 240 g/mol. The van der Waals surface area contributed by atoms with Gasteiger partial charge in [0.15, 0.2) is 0 Å². The van der Waals surface area contributed by atoms with Crippen LogP contribution in [0, 0.1) is 5.92 Å². The van der Waals surface area contributed by atoms with Crippen LogP contribution in [-0.4, -0.2) is 48.6 Å². The van der Waals surface area contributed by atoms with E-state index < -0.39 is 17.9 Å². The van der Waals surface area contributed by atoms with Gasteiger partial charge in [-0.15, -0.1) is 0 Å². The normalized spacial score (nSPS) is 20.1. The summed E-state index contributed by atoms with van der Waals surface area (Å²) in [6.45, 7) is 0.676. The summed E-state index contributed by atoms with van der Waals surface area (Å²) < 4.78 is 5.04. The first-order valence-electron chi connectivity index (χ1n) is 5.89. The first-order valence-corrected chi connectivity index (χ1v) is 5.89. The van der Waals surface area contributed by atoms with Crippen molar-refractivity contribution in [1.82, 2.24) is 5.32 Å². The van der Waals surface area contributed by atoms with E-state index in [4.69, 9.17) is 15.6 Å². The summed E-state index contributed by atoms with van der Waals surface area (Å²) >= 11 is 0. The summed E-state index contributed by atoms with van der Waals surface area (Å²) in [6, 6.07) is -1.02. The van der Waals surface area contributed by atoms with Gasteiger partial charge in [-0.2, -0.15) is 0 Å². The third kappa shape index (κ3) is 4.42. The second kappa shape index (κ2) is 7.07. The fraction of sp³-hybridized carbons (Fsp3) is 0.727. The van der Waals surface area contributed by atoms with Gasteiger partial charge in [0.2, 0.25) is 5.91 Å². The highest BCUT2D eigenvalue weighted by molar-refractivity contribution is 6.05. The Morgan fingerprint density at radius 2 is 2.28 bits per heavy atom. The maximum atomic E-state index is 11.4. The number of hydrogen-bond acceptors (Lipinski definition) is 5. The topological polar surface area (TPSA) is 119 Å². The zero-order valence-corrected chi connectivity index (χ0v) is 10.1. The maximum Gasteiger partial charge on any atom is 0.322 e. The molecule has 0 spiro atoms. The molecular formula is C11H18N2O5. The molecule has 1 saturated carbocycles. The lowest BCUT2D eigenvalue weighted by Gasteiger charge is -2.22. The van der Waals surface area contributed by atoms with Gasteiger partial charge in [0.1, 0.15) is 11.8 Å². The van der Waals surface area contributed by atoms with E-state index in [0.29, 0.717) is 32.4 Å². The summed E-state index contributed by atoms with van der Waals surface area (Å²) in [5.74, 6) is -1.80. The Kier molecular flexibility index (Phi) is 5.73. The van der Waals surface area contributed by atoms with Gasteiger partial charge in [0, 0.05) is 19.6 Å². The molecule has 1 amide bonds. The summed E-state index contributed by atoms with van der Waals surface area (Å²) in [4.78, 5) is 32.7. The molecule has 1 aliphatic carbocycles. The molecule has 0 heterocycles. The number of carbonyl (C=O) groups is 3. The summed E-state index contributed by atoms with van der Waals surface area (Å²) in [6.07, 6.45) is 1.68. The van der Waals surface area contributed by atoms with Gasteiger partial charge in [0.25, 0.3) is 0 Å². The van der Waals surface area contributed by atoms with Crippen LogP contribution in [0.3, 0.4) is 0 Å². The van der Waals surface area contributed by atoms with Gasteiger partial charge < -0.3 is 20.9 Å². The number of hydrogen-bond donors (Lipinski definition) is 3. The number of carboxylic acids is 1. The van der Waals surface area contributed by atoms with E-state index in [2.05, 4.69) is 5.32 Å². The number of nitrogens with two attached hydrogens (primary N) is 1. The highest BCUT2D eigenvalue weighted by Crippen LogP contribution is 2.21. The number of nitrogens with one attached hydrogen (secondary N) is 1. The molecule has 18 heavy (non-hydrogen) atoms. The molecule has 0 saturated heterocycles. The molecule has 1 fully saturated rings. The van der Waals surface area contributed by atoms with Crippen LogP contribution in [0.25, 0.3) is 0 Å². The van der Waals surface area contributed by atoms with E-state index in [1.54, 1.807) is 0 Å². The van der Waals surface area contributed by atoms with E-state index in [-0.39, 0.29) is 18.3 Å². The zero-order chi connectivity index (χ0) is 13.5. The van der Waals surface area contributed by atoms with Crippen LogP contribution in [0.4, 0.5) is 0 Å². The highest BCUT2D eigenvalue weighted by atomic mass is 16.5. The fourth-order valence-electron chi connectivity index (χ4n) is 1.47. The molecule has 0 aliphatic heterocycles. The molecule has 0 aromatic carbocycles. The molecule has 1 rings (SSSR count). The molecule has 102 valence electrons. The average Bonchev–Trinajstić information content (AvgIpc) is 2.31. The molecule has 0 unspecified atom stereocenters. The monoisotopic (exact) mass is 258 g/mol.